The number of terminal acetylenes is 1. The van der Waals surface area contributed by atoms with Gasteiger partial charge in [-0.1, -0.05) is 5.16 Å². The van der Waals surface area contributed by atoms with Crippen LogP contribution in [0.15, 0.2) is 22.7 Å². The van der Waals surface area contributed by atoms with E-state index in [9.17, 15) is 13.2 Å². The highest BCUT2D eigenvalue weighted by Gasteiger charge is 2.35. The molecule has 0 aliphatic rings. The Hall–Kier alpha value is -2.49. The second-order valence-corrected chi connectivity index (χ2v) is 4.50. The Morgan fingerprint density at radius 2 is 2.14 bits per heavy atom. The van der Waals surface area contributed by atoms with Gasteiger partial charge in [-0.05, 0) is 24.6 Å². The van der Waals surface area contributed by atoms with Gasteiger partial charge in [-0.3, -0.25) is 0 Å². The molecule has 0 amide bonds. The molecule has 22 heavy (non-hydrogen) atoms. The summed E-state index contributed by atoms with van der Waals surface area (Å²) in [4.78, 5) is 3.91. The maximum absolute atomic E-state index is 13.1. The Morgan fingerprint density at radius 1 is 1.36 bits per heavy atom. The van der Waals surface area contributed by atoms with Crippen molar-refractivity contribution in [3.63, 3.8) is 0 Å². The number of hydrogen-bond acceptors (Lipinski definition) is 4. The highest BCUT2D eigenvalue weighted by Crippen LogP contribution is 2.38. The summed E-state index contributed by atoms with van der Waals surface area (Å²) in [6.07, 6.45) is 1.47. The molecule has 0 saturated carbocycles. The van der Waals surface area contributed by atoms with Gasteiger partial charge in [0.1, 0.15) is 5.75 Å². The highest BCUT2D eigenvalue weighted by molar-refractivity contribution is 5.59. The van der Waals surface area contributed by atoms with Gasteiger partial charge in [0.15, 0.2) is 0 Å². The molecule has 0 saturated heterocycles. The van der Waals surface area contributed by atoms with Crippen LogP contribution in [0, 0.1) is 19.3 Å². The van der Waals surface area contributed by atoms with E-state index in [2.05, 4.69) is 16.1 Å². The molecule has 0 radical (unpaired) electrons. The third kappa shape index (κ3) is 3.79. The second kappa shape index (κ2) is 6.52. The van der Waals surface area contributed by atoms with Gasteiger partial charge < -0.3 is 9.26 Å². The van der Waals surface area contributed by atoms with Crippen LogP contribution >= 0.6 is 0 Å². The summed E-state index contributed by atoms with van der Waals surface area (Å²) in [6, 6.07) is 3.65. The molecule has 1 aromatic carbocycles. The molecule has 0 unspecified atom stereocenters. The summed E-state index contributed by atoms with van der Waals surface area (Å²) in [5.74, 6) is 2.54. The third-order valence-electron chi connectivity index (χ3n) is 2.79. The molecule has 2 aromatic rings. The van der Waals surface area contributed by atoms with Crippen LogP contribution in [0.3, 0.4) is 0 Å². The topological polar surface area (TPSA) is 48.2 Å². The van der Waals surface area contributed by atoms with E-state index in [1.54, 1.807) is 6.92 Å². The van der Waals surface area contributed by atoms with Gasteiger partial charge in [0, 0.05) is 18.9 Å². The van der Waals surface area contributed by atoms with Crippen LogP contribution in [0.5, 0.6) is 5.75 Å². The van der Waals surface area contributed by atoms with Crippen LogP contribution < -0.4 is 4.74 Å². The molecule has 0 aliphatic heterocycles. The quantitative estimate of drug-likeness (QED) is 0.621. The SMILES string of the molecule is C#CCCCOc1ccc(-c2noc(C)n2)cc1C(F)(F)F. The Morgan fingerprint density at radius 3 is 2.73 bits per heavy atom. The normalized spacial score (nSPS) is 11.2. The van der Waals surface area contributed by atoms with Gasteiger partial charge in [0.25, 0.3) is 0 Å². The zero-order valence-corrected chi connectivity index (χ0v) is 11.8. The van der Waals surface area contributed by atoms with E-state index in [1.807, 2.05) is 0 Å². The van der Waals surface area contributed by atoms with Gasteiger partial charge in [0.2, 0.25) is 11.7 Å². The van der Waals surface area contributed by atoms with Crippen LogP contribution in [0.2, 0.25) is 0 Å². The van der Waals surface area contributed by atoms with E-state index in [4.69, 9.17) is 15.7 Å². The largest absolute Gasteiger partial charge is 0.493 e. The smallest absolute Gasteiger partial charge is 0.419 e. The van der Waals surface area contributed by atoms with Crippen molar-refractivity contribution in [2.75, 3.05) is 6.61 Å². The van der Waals surface area contributed by atoms with E-state index in [0.29, 0.717) is 12.8 Å². The number of benzene rings is 1. The lowest BCUT2D eigenvalue weighted by Gasteiger charge is -2.14. The predicted molar refractivity (Wildman–Crippen MR) is 73.0 cm³/mol. The molecule has 4 nitrogen and oxygen atoms in total. The van der Waals surface area contributed by atoms with Gasteiger partial charge in [-0.15, -0.1) is 12.3 Å². The zero-order chi connectivity index (χ0) is 16.2. The van der Waals surface area contributed by atoms with Crippen molar-refractivity contribution in [2.45, 2.75) is 25.9 Å². The van der Waals surface area contributed by atoms with Crippen LogP contribution in [-0.4, -0.2) is 16.7 Å². The number of nitrogens with zero attached hydrogens (tertiary/aromatic N) is 2. The molecular weight excluding hydrogens is 297 g/mol. The van der Waals surface area contributed by atoms with Crippen molar-refractivity contribution in [1.29, 1.82) is 0 Å². The van der Waals surface area contributed by atoms with Crippen molar-refractivity contribution in [2.24, 2.45) is 0 Å². The third-order valence-corrected chi connectivity index (χ3v) is 2.79. The van der Waals surface area contributed by atoms with Crippen LogP contribution in [-0.2, 0) is 6.18 Å². The first-order valence-electron chi connectivity index (χ1n) is 6.50. The Kier molecular flexibility index (Phi) is 4.71. The van der Waals surface area contributed by atoms with Gasteiger partial charge in [-0.25, -0.2) is 0 Å². The van der Waals surface area contributed by atoms with Gasteiger partial charge in [-0.2, -0.15) is 18.2 Å². The molecule has 1 heterocycles. The predicted octanol–water partition coefficient (Wildman–Crippen LogP) is 3.86. The van der Waals surface area contributed by atoms with Crippen molar-refractivity contribution in [3.05, 3.63) is 29.7 Å². The molecule has 116 valence electrons. The van der Waals surface area contributed by atoms with Crippen molar-refractivity contribution >= 4 is 0 Å². The molecule has 0 aliphatic carbocycles. The van der Waals surface area contributed by atoms with Crippen molar-refractivity contribution in [1.82, 2.24) is 10.1 Å². The Bertz CT molecular complexity index is 687. The van der Waals surface area contributed by atoms with Gasteiger partial charge in [0.05, 0.1) is 12.2 Å². The standard InChI is InChI=1S/C15H13F3N2O2/c1-3-4-5-8-21-13-7-6-11(9-12(13)15(16,17)18)14-19-10(2)22-20-14/h1,6-7,9H,4-5,8H2,2H3. The summed E-state index contributed by atoms with van der Waals surface area (Å²) in [5.41, 5.74) is -0.673. The van der Waals surface area contributed by atoms with Crippen LogP contribution in [0.25, 0.3) is 11.4 Å². The van der Waals surface area contributed by atoms with Crippen molar-refractivity contribution in [3.8, 4) is 29.5 Å². The number of unbranched alkanes of at least 4 members (excludes halogenated alkanes) is 1. The first-order chi connectivity index (χ1) is 10.4. The first kappa shape index (κ1) is 15.9. The Balaban J connectivity index is 2.29. The van der Waals surface area contributed by atoms with E-state index in [0.717, 1.165) is 6.07 Å². The Labute approximate surface area is 125 Å². The summed E-state index contributed by atoms with van der Waals surface area (Å²) in [6.45, 7) is 1.68. The molecule has 0 bridgehead atoms. The molecule has 0 atom stereocenters. The lowest BCUT2D eigenvalue weighted by molar-refractivity contribution is -0.138. The molecule has 0 N–H and O–H groups in total. The molecular formula is C15H13F3N2O2. The summed E-state index contributed by atoms with van der Waals surface area (Å²) < 4.78 is 49.4. The van der Waals surface area contributed by atoms with E-state index in [1.165, 1.54) is 12.1 Å². The van der Waals surface area contributed by atoms with Crippen LogP contribution in [0.4, 0.5) is 13.2 Å². The highest BCUT2D eigenvalue weighted by atomic mass is 19.4. The van der Waals surface area contributed by atoms with E-state index in [-0.39, 0.29) is 29.6 Å². The van der Waals surface area contributed by atoms with Crippen molar-refractivity contribution < 1.29 is 22.4 Å². The monoisotopic (exact) mass is 310 g/mol. The summed E-state index contributed by atoms with van der Waals surface area (Å²) >= 11 is 0. The van der Waals surface area contributed by atoms with E-state index >= 15 is 0 Å². The number of ether oxygens (including phenoxy) is 1. The maximum Gasteiger partial charge on any atom is 0.419 e. The summed E-state index contributed by atoms with van der Waals surface area (Å²) in [7, 11) is 0. The number of aryl methyl sites for hydroxylation is 1. The first-order valence-corrected chi connectivity index (χ1v) is 6.50. The molecule has 0 spiro atoms. The number of alkyl halides is 3. The average molecular weight is 310 g/mol. The number of rotatable bonds is 5. The zero-order valence-electron chi connectivity index (χ0n) is 11.8. The summed E-state index contributed by atoms with van der Waals surface area (Å²) in [5, 5.41) is 3.61. The van der Waals surface area contributed by atoms with E-state index < -0.39 is 11.7 Å². The second-order valence-electron chi connectivity index (χ2n) is 4.50. The minimum atomic E-state index is -4.55. The fourth-order valence-corrected chi connectivity index (χ4v) is 1.79. The molecule has 2 rings (SSSR count). The molecule has 7 heteroatoms. The number of aromatic nitrogens is 2. The molecule has 1 aromatic heterocycles. The minimum Gasteiger partial charge on any atom is -0.493 e. The number of halogens is 3. The maximum atomic E-state index is 13.1. The minimum absolute atomic E-state index is 0.0990. The van der Waals surface area contributed by atoms with Gasteiger partial charge >= 0.3 is 6.18 Å². The number of hydrogen-bond donors (Lipinski definition) is 0. The lowest BCUT2D eigenvalue weighted by Crippen LogP contribution is -2.09. The fourth-order valence-electron chi connectivity index (χ4n) is 1.79. The molecule has 0 fully saturated rings. The fraction of sp³-hybridized carbons (Fsp3) is 0.333. The average Bonchev–Trinajstić information content (AvgIpc) is 2.89. The lowest BCUT2D eigenvalue weighted by atomic mass is 10.1. The van der Waals surface area contributed by atoms with Crippen LogP contribution in [0.1, 0.15) is 24.3 Å².